The van der Waals surface area contributed by atoms with Crippen molar-refractivity contribution in [2.75, 3.05) is 0 Å². The minimum Gasteiger partial charge on any atom is 1.00 e. The van der Waals surface area contributed by atoms with Crippen LogP contribution in [0.4, 0.5) is 11.4 Å². The third kappa shape index (κ3) is 10.8. The van der Waals surface area contributed by atoms with Crippen LogP contribution in [-0.4, -0.2) is 22.3 Å². The van der Waals surface area contributed by atoms with Crippen molar-refractivity contribution in [3.63, 3.8) is 0 Å². The molecule has 2 aromatic rings. The number of nitrogens with one attached hydrogen (secondary N) is 3. The Bertz CT molecular complexity index is 1280. The van der Waals surface area contributed by atoms with Crippen LogP contribution < -0.4 is 16.3 Å². The van der Waals surface area contributed by atoms with E-state index in [2.05, 4.69) is 56.6 Å². The molecule has 0 aromatic heterocycles. The van der Waals surface area contributed by atoms with Gasteiger partial charge in [0.15, 0.2) is 5.78 Å². The molecule has 0 heterocycles. The van der Waals surface area contributed by atoms with Crippen LogP contribution in [0.3, 0.4) is 0 Å². The Morgan fingerprint density at radius 1 is 0.892 bits per heavy atom. The molecule has 0 saturated carbocycles. The minimum absolute atomic E-state index is 0. The third-order valence-corrected chi connectivity index (χ3v) is 5.11. The Hall–Kier alpha value is -2.49. The van der Waals surface area contributed by atoms with E-state index >= 15 is 0 Å². The molecule has 0 aliphatic heterocycles. The number of carbonyl (C=O) groups excluding carboxylic acids is 1. The molecule has 0 radical (unpaired) electrons. The van der Waals surface area contributed by atoms with Crippen LogP contribution in [-0.2, 0) is 62.2 Å². The summed E-state index contributed by atoms with van der Waals surface area (Å²) in [6.45, 7) is 5.80. The van der Waals surface area contributed by atoms with E-state index in [4.69, 9.17) is 25.3 Å². The van der Waals surface area contributed by atoms with Crippen molar-refractivity contribution in [3.05, 3.63) is 94.7 Å². The van der Waals surface area contributed by atoms with Gasteiger partial charge in [0.2, 0.25) is 0 Å². The van der Waals surface area contributed by atoms with Crippen LogP contribution in [0.1, 0.15) is 18.1 Å². The van der Waals surface area contributed by atoms with Gasteiger partial charge in [-0.2, -0.15) is 5.10 Å². The molecule has 7 nitrogen and oxygen atoms in total. The number of rotatable bonds is 6. The normalized spacial score (nSPS) is 14.8. The summed E-state index contributed by atoms with van der Waals surface area (Å²) in [4.78, 5) is 21.5. The summed E-state index contributed by atoms with van der Waals surface area (Å²) in [7, 11) is 4.20. The molecule has 37 heavy (non-hydrogen) atoms. The minimum atomic E-state index is -0.200. The summed E-state index contributed by atoms with van der Waals surface area (Å²) in [6.07, 6.45) is 6.48. The number of carbonyl (C=O) groups is 1. The number of hydrazine groups is 1. The Morgan fingerprint density at radius 2 is 1.43 bits per heavy atom. The zero-order valence-corrected chi connectivity index (χ0v) is 24.2. The molecule has 1 aliphatic rings. The number of para-hydroxylation sites is 2. The predicted octanol–water partition coefficient (Wildman–Crippen LogP) is 4.77. The zero-order chi connectivity index (χ0) is 26.5. The monoisotopic (exact) mass is 649 g/mol. The second-order valence-electron chi connectivity index (χ2n) is 7.46. The first-order valence-corrected chi connectivity index (χ1v) is 12.6. The average Bonchev–Trinajstić information content (AvgIpc) is 2.86. The molecule has 1 aliphatic carbocycles. The number of halogens is 1. The first-order valence-electron chi connectivity index (χ1n) is 10.5. The third-order valence-electron chi connectivity index (χ3n) is 4.74. The van der Waals surface area contributed by atoms with Crippen LogP contribution in [0.2, 0.25) is 0 Å². The molecular weight excluding hydrogens is 627 g/mol. The standard InChI is InChI=1S/C25H26N6OS2.ClH.2Cu/c1-16-12-19(14-26-30-24(33)28-21-10-6-4-8-17(21)2)23(32)20(13-16)15-27-31-25(34)29-22-11-7-5-9-18(22)3;;;/h4-15,26H,1-3H3,(H2,28,30,33)(H2,29,31,34);1H;;/q;;+1;+2/p-3/b19-14-,27-15-;;;. The van der Waals surface area contributed by atoms with Crippen molar-refractivity contribution in [2.24, 2.45) is 15.1 Å². The van der Waals surface area contributed by atoms with Crippen LogP contribution in [0.25, 0.3) is 0 Å². The summed E-state index contributed by atoms with van der Waals surface area (Å²) >= 11 is 14.1. The Morgan fingerprint density at radius 3 is 2.00 bits per heavy atom. The number of aryl methyl sites for hydroxylation is 2. The predicted molar refractivity (Wildman–Crippen MR) is 150 cm³/mol. The smallest absolute Gasteiger partial charge is 1.00 e. The zero-order valence-electron chi connectivity index (χ0n) is 20.0. The molecule has 3 N–H and O–H groups in total. The number of hydrogen-bond acceptors (Lipinski definition) is 7. The van der Waals surface area contributed by atoms with Gasteiger partial charge in [-0.05, 0) is 66.9 Å². The number of Topliss-reactive ketones (excluding diaryl/α,β-unsaturated/α-hetero) is 1. The molecule has 0 amide bonds. The fraction of sp³-hybridized carbons (Fsp3) is 0.120. The number of nitrogens with zero attached hydrogens (tertiary/aromatic N) is 3. The summed E-state index contributed by atoms with van der Waals surface area (Å²) in [5.74, 6) is -0.200. The molecule has 0 saturated heterocycles. The van der Waals surface area contributed by atoms with E-state index in [1.807, 2.05) is 69.3 Å². The molecule has 0 atom stereocenters. The fourth-order valence-electron chi connectivity index (χ4n) is 3.02. The number of hydrazone groups is 1. The molecule has 0 unspecified atom stereocenters. The van der Waals surface area contributed by atoms with Crippen molar-refractivity contribution < 1.29 is 37.0 Å². The van der Waals surface area contributed by atoms with E-state index < -0.39 is 0 Å². The molecule has 3 rings (SSSR count). The van der Waals surface area contributed by atoms with Gasteiger partial charge in [-0.25, -0.2) is 0 Å². The molecule has 0 bridgehead atoms. The Labute approximate surface area is 251 Å². The number of allylic oxidation sites excluding steroid dienone is 5. The average molecular weight is 651 g/mol. The SMILES string of the molecule is CC1=C/C(=C/NNC([S-])=Nc2ccccc2C)C(=O)C(/C=N\NC([S-])=Nc2ccccc2C)=C1.[Cl][Cu+].[Cu+]. The van der Waals surface area contributed by atoms with Crippen molar-refractivity contribution in [1.82, 2.24) is 16.3 Å². The van der Waals surface area contributed by atoms with Gasteiger partial charge in [0.05, 0.1) is 17.6 Å². The molecular formula is C25H24ClCu2N6OS2. The van der Waals surface area contributed by atoms with Gasteiger partial charge < -0.3 is 36.1 Å². The van der Waals surface area contributed by atoms with E-state index in [1.54, 1.807) is 12.2 Å². The van der Waals surface area contributed by atoms with Gasteiger partial charge in [-0.3, -0.25) is 20.2 Å². The maximum Gasteiger partial charge on any atom is 1.00 e. The van der Waals surface area contributed by atoms with Gasteiger partial charge in [0.25, 0.3) is 0 Å². The maximum absolute atomic E-state index is 12.8. The van der Waals surface area contributed by atoms with Crippen LogP contribution in [0.5, 0.6) is 0 Å². The number of ketones is 1. The van der Waals surface area contributed by atoms with Gasteiger partial charge >= 0.3 is 42.3 Å². The molecule has 12 heteroatoms. The first kappa shape index (κ1) is 32.5. The van der Waals surface area contributed by atoms with Crippen LogP contribution >= 0.6 is 10.1 Å². The fourth-order valence-corrected chi connectivity index (χ4v) is 3.32. The van der Waals surface area contributed by atoms with E-state index in [0.29, 0.717) is 11.1 Å². The van der Waals surface area contributed by atoms with E-state index in [9.17, 15) is 4.79 Å². The van der Waals surface area contributed by atoms with Gasteiger partial charge in [0, 0.05) is 22.5 Å². The number of amidine groups is 2. The van der Waals surface area contributed by atoms with Crippen molar-refractivity contribution in [3.8, 4) is 0 Å². The van der Waals surface area contributed by atoms with Gasteiger partial charge in [-0.15, -0.1) is 0 Å². The Balaban J connectivity index is 0.00000223. The summed E-state index contributed by atoms with van der Waals surface area (Å²) in [6, 6.07) is 15.3. The quantitative estimate of drug-likeness (QED) is 0.104. The largest absolute Gasteiger partial charge is 1.00 e. The van der Waals surface area contributed by atoms with Crippen molar-refractivity contribution in [2.45, 2.75) is 20.8 Å². The van der Waals surface area contributed by atoms with E-state index in [1.165, 1.54) is 12.4 Å². The number of benzene rings is 2. The van der Waals surface area contributed by atoms with E-state index in [-0.39, 0.29) is 33.2 Å². The molecule has 0 fully saturated rings. The van der Waals surface area contributed by atoms with Crippen molar-refractivity contribution in [1.29, 1.82) is 0 Å². The van der Waals surface area contributed by atoms with Gasteiger partial charge in [-0.1, -0.05) is 36.4 Å². The van der Waals surface area contributed by atoms with Crippen LogP contribution in [0.15, 0.2) is 98.7 Å². The maximum atomic E-state index is 12.8. The van der Waals surface area contributed by atoms with Gasteiger partial charge in [0.1, 0.15) is 0 Å². The number of hydrogen-bond donors (Lipinski definition) is 3. The summed E-state index contributed by atoms with van der Waals surface area (Å²) in [5.41, 5.74) is 13.6. The molecule has 2 aromatic carbocycles. The van der Waals surface area contributed by atoms with Crippen molar-refractivity contribution >= 4 is 69.1 Å². The molecule has 0 spiro atoms. The van der Waals surface area contributed by atoms with Crippen LogP contribution in [0, 0.1) is 13.8 Å². The summed E-state index contributed by atoms with van der Waals surface area (Å²) < 4.78 is 0. The van der Waals surface area contributed by atoms with E-state index in [0.717, 1.165) is 28.1 Å². The Kier molecular flexibility index (Phi) is 15.0. The topological polar surface area (TPSA) is 90.2 Å². The molecule has 201 valence electrons. The first-order chi connectivity index (χ1) is 17.3. The number of aliphatic imine (C=N–C) groups is 2. The second kappa shape index (κ2) is 17.1. The summed E-state index contributed by atoms with van der Waals surface area (Å²) in [5, 5.41) is 4.53. The second-order valence-corrected chi connectivity index (χ2v) is 8.24.